The van der Waals surface area contributed by atoms with Crippen LogP contribution in [-0.2, 0) is 9.59 Å². The molecule has 0 spiro atoms. The zero-order valence-electron chi connectivity index (χ0n) is 10.8. The van der Waals surface area contributed by atoms with Gasteiger partial charge in [0.2, 0.25) is 5.91 Å². The van der Waals surface area contributed by atoms with Crippen molar-refractivity contribution in [1.29, 1.82) is 0 Å². The maximum absolute atomic E-state index is 12.1. The number of aliphatic carboxylic acids is 1. The molecule has 2 unspecified atom stereocenters. The van der Waals surface area contributed by atoms with Crippen molar-refractivity contribution in [2.75, 3.05) is 11.9 Å². The average molecular weight is 361 g/mol. The number of carbonyl (C=O) groups is 2. The first kappa shape index (κ1) is 15.3. The number of carboxylic acids is 1. The molecule has 2 rings (SSSR count). The predicted octanol–water partition coefficient (Wildman–Crippen LogP) is 3.10. The van der Waals surface area contributed by atoms with E-state index < -0.39 is 12.0 Å². The lowest BCUT2D eigenvalue weighted by Crippen LogP contribution is -2.32. The summed E-state index contributed by atoms with van der Waals surface area (Å²) < 4.78 is 0. The Labute approximate surface area is 130 Å². The predicted molar refractivity (Wildman–Crippen MR) is 80.1 cm³/mol. The lowest BCUT2D eigenvalue weighted by molar-refractivity contribution is -0.139. The van der Waals surface area contributed by atoms with Crippen LogP contribution in [0.3, 0.4) is 0 Å². The number of halogens is 2. The van der Waals surface area contributed by atoms with Crippen molar-refractivity contribution < 1.29 is 14.7 Å². The molecule has 1 aliphatic heterocycles. The van der Waals surface area contributed by atoms with E-state index in [1.54, 1.807) is 23.1 Å². The van der Waals surface area contributed by atoms with Gasteiger partial charge in [-0.05, 0) is 23.6 Å². The molecule has 0 radical (unpaired) electrons. The molecule has 4 nitrogen and oxygen atoms in total. The van der Waals surface area contributed by atoms with Crippen LogP contribution in [0.4, 0.5) is 0 Å². The van der Waals surface area contributed by atoms with Gasteiger partial charge in [-0.15, -0.1) is 0 Å². The van der Waals surface area contributed by atoms with E-state index in [2.05, 4.69) is 15.9 Å². The first-order valence-corrected chi connectivity index (χ1v) is 7.84. The van der Waals surface area contributed by atoms with Crippen LogP contribution in [0.2, 0.25) is 5.02 Å². The summed E-state index contributed by atoms with van der Waals surface area (Å²) in [6.07, 6.45) is 0.350. The van der Waals surface area contributed by atoms with Crippen molar-refractivity contribution in [1.82, 2.24) is 4.90 Å². The Morgan fingerprint density at radius 3 is 2.85 bits per heavy atom. The summed E-state index contributed by atoms with van der Waals surface area (Å²) in [6, 6.07) is 6.59. The topological polar surface area (TPSA) is 57.6 Å². The van der Waals surface area contributed by atoms with Crippen LogP contribution in [0.25, 0.3) is 0 Å². The zero-order valence-corrected chi connectivity index (χ0v) is 13.1. The van der Waals surface area contributed by atoms with Crippen LogP contribution in [-0.4, -0.2) is 33.8 Å². The molecule has 1 amide bonds. The summed E-state index contributed by atoms with van der Waals surface area (Å²) in [6.45, 7) is 0.578. The fourth-order valence-electron chi connectivity index (χ4n) is 2.50. The minimum atomic E-state index is -0.926. The van der Waals surface area contributed by atoms with Gasteiger partial charge in [0, 0.05) is 23.3 Å². The summed E-state index contributed by atoms with van der Waals surface area (Å²) >= 11 is 9.35. The molecule has 1 saturated heterocycles. The molecule has 6 heteroatoms. The fraction of sp³-hybridized carbons (Fsp3) is 0.429. The summed E-state index contributed by atoms with van der Waals surface area (Å²) in [4.78, 5) is 24.9. The summed E-state index contributed by atoms with van der Waals surface area (Å²) in [5, 5.41) is 10.4. The monoisotopic (exact) mass is 359 g/mol. The minimum Gasteiger partial charge on any atom is -0.481 e. The molecule has 108 valence electrons. The molecular formula is C14H15BrClNO3. The van der Waals surface area contributed by atoms with E-state index in [0.717, 1.165) is 10.9 Å². The third-order valence-corrected chi connectivity index (χ3v) is 4.59. The standard InChI is InChI=1S/C14H15BrClNO3/c15-7-9-4-13(18)17(8-9)12(6-14(19)20)10-2-1-3-11(16)5-10/h1-3,5,9,12H,4,6-8H2,(H,19,20). The van der Waals surface area contributed by atoms with Gasteiger partial charge >= 0.3 is 5.97 Å². The second kappa shape index (κ2) is 6.59. The van der Waals surface area contributed by atoms with Gasteiger partial charge in [-0.3, -0.25) is 9.59 Å². The van der Waals surface area contributed by atoms with Gasteiger partial charge in [0.1, 0.15) is 0 Å². The number of hydrogen-bond donors (Lipinski definition) is 1. The molecule has 1 aliphatic rings. The number of amides is 1. The molecule has 2 atom stereocenters. The van der Waals surface area contributed by atoms with Crippen LogP contribution in [0, 0.1) is 5.92 Å². The Hall–Kier alpha value is -1.07. The molecule has 1 heterocycles. The molecule has 20 heavy (non-hydrogen) atoms. The van der Waals surface area contributed by atoms with Crippen LogP contribution in [0.15, 0.2) is 24.3 Å². The van der Waals surface area contributed by atoms with Gasteiger partial charge in [0.25, 0.3) is 0 Å². The van der Waals surface area contributed by atoms with Gasteiger partial charge < -0.3 is 10.0 Å². The Balaban J connectivity index is 2.28. The van der Waals surface area contributed by atoms with E-state index in [4.69, 9.17) is 16.7 Å². The van der Waals surface area contributed by atoms with Gasteiger partial charge in [-0.1, -0.05) is 39.7 Å². The minimum absolute atomic E-state index is 0.000625. The lowest BCUT2D eigenvalue weighted by atomic mass is 10.0. The Morgan fingerprint density at radius 1 is 1.55 bits per heavy atom. The van der Waals surface area contributed by atoms with Crippen molar-refractivity contribution in [2.45, 2.75) is 18.9 Å². The van der Waals surface area contributed by atoms with E-state index in [1.807, 2.05) is 6.07 Å². The summed E-state index contributed by atoms with van der Waals surface area (Å²) in [7, 11) is 0. The van der Waals surface area contributed by atoms with E-state index in [9.17, 15) is 9.59 Å². The number of carbonyl (C=O) groups excluding carboxylic acids is 1. The second-order valence-electron chi connectivity index (χ2n) is 4.94. The van der Waals surface area contributed by atoms with E-state index in [1.165, 1.54) is 0 Å². The van der Waals surface area contributed by atoms with Gasteiger partial charge in [-0.25, -0.2) is 0 Å². The van der Waals surface area contributed by atoms with Crippen LogP contribution in [0.5, 0.6) is 0 Å². The van der Waals surface area contributed by atoms with Crippen molar-refractivity contribution in [3.8, 4) is 0 Å². The van der Waals surface area contributed by atoms with Crippen LogP contribution >= 0.6 is 27.5 Å². The number of rotatable bonds is 5. The van der Waals surface area contributed by atoms with Crippen molar-refractivity contribution in [3.05, 3.63) is 34.9 Å². The average Bonchev–Trinajstić information content (AvgIpc) is 2.77. The molecule has 1 fully saturated rings. The summed E-state index contributed by atoms with van der Waals surface area (Å²) in [5.74, 6) is -0.691. The molecule has 1 aromatic carbocycles. The number of hydrogen-bond acceptors (Lipinski definition) is 2. The fourth-order valence-corrected chi connectivity index (χ4v) is 3.13. The Bertz CT molecular complexity index is 523. The largest absolute Gasteiger partial charge is 0.481 e. The van der Waals surface area contributed by atoms with E-state index in [0.29, 0.717) is 18.0 Å². The van der Waals surface area contributed by atoms with Crippen LogP contribution < -0.4 is 0 Å². The van der Waals surface area contributed by atoms with E-state index in [-0.39, 0.29) is 18.2 Å². The first-order valence-electron chi connectivity index (χ1n) is 6.34. The SMILES string of the molecule is O=C(O)CC(c1cccc(Cl)c1)N1CC(CBr)CC1=O. The van der Waals surface area contributed by atoms with Gasteiger partial charge in [-0.2, -0.15) is 0 Å². The van der Waals surface area contributed by atoms with Gasteiger partial charge in [0.05, 0.1) is 12.5 Å². The normalized spacial score (nSPS) is 20.2. The second-order valence-corrected chi connectivity index (χ2v) is 6.02. The Kier molecular flexibility index (Phi) is 5.05. The number of alkyl halides is 1. The number of nitrogens with zero attached hydrogens (tertiary/aromatic N) is 1. The number of carboxylic acid groups (broad SMARTS) is 1. The molecule has 0 saturated carbocycles. The highest BCUT2D eigenvalue weighted by Gasteiger charge is 2.35. The molecule has 0 aromatic heterocycles. The van der Waals surface area contributed by atoms with E-state index >= 15 is 0 Å². The van der Waals surface area contributed by atoms with Crippen LogP contribution in [0.1, 0.15) is 24.4 Å². The summed E-state index contributed by atoms with van der Waals surface area (Å²) in [5.41, 5.74) is 0.767. The quantitative estimate of drug-likeness (QED) is 0.821. The lowest BCUT2D eigenvalue weighted by Gasteiger charge is -2.27. The third-order valence-electron chi connectivity index (χ3n) is 3.43. The van der Waals surface area contributed by atoms with Crippen molar-refractivity contribution >= 4 is 39.4 Å². The van der Waals surface area contributed by atoms with Crippen molar-refractivity contribution in [3.63, 3.8) is 0 Å². The first-order chi connectivity index (χ1) is 9.51. The molecule has 1 N–H and O–H groups in total. The molecule has 0 bridgehead atoms. The third kappa shape index (κ3) is 3.52. The highest BCUT2D eigenvalue weighted by molar-refractivity contribution is 9.09. The number of likely N-dealkylation sites (tertiary alicyclic amines) is 1. The zero-order chi connectivity index (χ0) is 14.7. The van der Waals surface area contributed by atoms with Crippen molar-refractivity contribution in [2.24, 2.45) is 5.92 Å². The molecular weight excluding hydrogens is 346 g/mol. The maximum Gasteiger partial charge on any atom is 0.305 e. The smallest absolute Gasteiger partial charge is 0.305 e. The maximum atomic E-state index is 12.1. The molecule has 1 aromatic rings. The Morgan fingerprint density at radius 2 is 2.30 bits per heavy atom. The van der Waals surface area contributed by atoms with Gasteiger partial charge in [0.15, 0.2) is 0 Å². The highest BCUT2D eigenvalue weighted by atomic mass is 79.9. The number of benzene rings is 1. The molecule has 0 aliphatic carbocycles. The highest BCUT2D eigenvalue weighted by Crippen LogP contribution is 2.32.